The minimum absolute atomic E-state index is 0.446. The molecule has 0 radical (unpaired) electrons. The Bertz CT molecular complexity index is 305. The number of hydrogen-bond donors (Lipinski definition) is 2. The lowest BCUT2D eigenvalue weighted by Gasteiger charge is -1.95. The molecule has 6 heteroatoms. The van der Waals surface area contributed by atoms with Crippen molar-refractivity contribution in [3.63, 3.8) is 0 Å². The maximum atomic E-state index is 8.19. The van der Waals surface area contributed by atoms with E-state index in [0.717, 1.165) is 9.91 Å². The molecule has 64 valence electrons. The van der Waals surface area contributed by atoms with E-state index in [-0.39, 0.29) is 0 Å². The molecule has 0 aliphatic heterocycles. The summed E-state index contributed by atoms with van der Waals surface area (Å²) in [6.07, 6.45) is 2.72. The van der Waals surface area contributed by atoms with Crippen molar-refractivity contribution in [3.8, 4) is 0 Å². The number of rotatable bonds is 2. The molecule has 1 rings (SSSR count). The van der Waals surface area contributed by atoms with Gasteiger partial charge < -0.3 is 0 Å². The number of pyridine rings is 1. The minimum atomic E-state index is 0.446. The fourth-order valence-electron chi connectivity index (χ4n) is 0.570. The molecule has 0 spiro atoms. The first-order chi connectivity index (χ1) is 5.74. The van der Waals surface area contributed by atoms with Crippen molar-refractivity contribution in [1.29, 1.82) is 0 Å². The molecule has 0 aliphatic carbocycles. The van der Waals surface area contributed by atoms with Gasteiger partial charge in [-0.15, -0.1) is 0 Å². The predicted molar refractivity (Wildman–Crippen MR) is 55.0 cm³/mol. The SMILES string of the molecule is ON/C=N\c1cc(Cl)c(I)cn1. The van der Waals surface area contributed by atoms with Crippen LogP contribution in [0.1, 0.15) is 0 Å². The van der Waals surface area contributed by atoms with Crippen LogP contribution in [0, 0.1) is 3.57 Å². The van der Waals surface area contributed by atoms with Crippen LogP contribution in [0.5, 0.6) is 0 Å². The number of nitrogens with zero attached hydrogens (tertiary/aromatic N) is 2. The average molecular weight is 297 g/mol. The van der Waals surface area contributed by atoms with Crippen molar-refractivity contribution in [1.82, 2.24) is 10.5 Å². The molecule has 0 saturated carbocycles. The van der Waals surface area contributed by atoms with Gasteiger partial charge >= 0.3 is 0 Å². The van der Waals surface area contributed by atoms with Gasteiger partial charge in [0.25, 0.3) is 0 Å². The third-order valence-corrected chi connectivity index (χ3v) is 2.54. The van der Waals surface area contributed by atoms with E-state index in [4.69, 9.17) is 16.8 Å². The zero-order chi connectivity index (χ0) is 8.97. The number of aromatic nitrogens is 1. The normalized spacial score (nSPS) is 10.6. The zero-order valence-electron chi connectivity index (χ0n) is 5.83. The maximum Gasteiger partial charge on any atom is 0.155 e. The van der Waals surface area contributed by atoms with Gasteiger partial charge in [0.05, 0.1) is 8.59 Å². The summed E-state index contributed by atoms with van der Waals surface area (Å²) < 4.78 is 0.866. The number of hydrogen-bond acceptors (Lipinski definition) is 3. The Labute approximate surface area is 87.8 Å². The van der Waals surface area contributed by atoms with Crippen molar-refractivity contribution >= 4 is 46.3 Å². The van der Waals surface area contributed by atoms with Crippen molar-refractivity contribution in [2.24, 2.45) is 4.99 Å². The van der Waals surface area contributed by atoms with Crippen molar-refractivity contribution in [2.45, 2.75) is 0 Å². The molecule has 2 N–H and O–H groups in total. The lowest BCUT2D eigenvalue weighted by atomic mass is 10.5. The van der Waals surface area contributed by atoms with Gasteiger partial charge in [-0.05, 0) is 22.6 Å². The molecule has 4 nitrogen and oxygen atoms in total. The van der Waals surface area contributed by atoms with Gasteiger partial charge in [-0.3, -0.25) is 10.7 Å². The van der Waals surface area contributed by atoms with Gasteiger partial charge in [0.1, 0.15) is 6.34 Å². The van der Waals surface area contributed by atoms with Gasteiger partial charge in [-0.2, -0.15) is 0 Å². The molecule has 1 aromatic heterocycles. The van der Waals surface area contributed by atoms with Crippen molar-refractivity contribution in [2.75, 3.05) is 0 Å². The van der Waals surface area contributed by atoms with Crippen molar-refractivity contribution in [3.05, 3.63) is 20.9 Å². The zero-order valence-corrected chi connectivity index (χ0v) is 8.74. The van der Waals surface area contributed by atoms with Gasteiger partial charge in [-0.1, -0.05) is 11.6 Å². The number of hydroxylamine groups is 1. The monoisotopic (exact) mass is 297 g/mol. The molecule has 0 bridgehead atoms. The highest BCUT2D eigenvalue weighted by molar-refractivity contribution is 14.1. The maximum absolute atomic E-state index is 8.19. The Hall–Kier alpha value is -0.400. The molecular weight excluding hydrogens is 292 g/mol. The fourth-order valence-corrected chi connectivity index (χ4v) is 1.01. The fraction of sp³-hybridized carbons (Fsp3) is 0. The van der Waals surface area contributed by atoms with E-state index < -0.39 is 0 Å². The second kappa shape index (κ2) is 4.58. The van der Waals surface area contributed by atoms with Crippen molar-refractivity contribution < 1.29 is 5.21 Å². The van der Waals surface area contributed by atoms with E-state index in [1.807, 2.05) is 0 Å². The second-order valence-corrected chi connectivity index (χ2v) is 3.41. The van der Waals surface area contributed by atoms with E-state index in [9.17, 15) is 0 Å². The minimum Gasteiger partial charge on any atom is -0.290 e. The summed E-state index contributed by atoms with van der Waals surface area (Å²) in [5, 5.41) is 8.78. The highest BCUT2D eigenvalue weighted by atomic mass is 127. The van der Waals surface area contributed by atoms with E-state index in [0.29, 0.717) is 10.8 Å². The third kappa shape index (κ3) is 2.58. The molecular formula is C6H5ClIN3O. The van der Waals surface area contributed by atoms with E-state index >= 15 is 0 Å². The largest absolute Gasteiger partial charge is 0.290 e. The molecule has 0 atom stereocenters. The molecule has 0 aliphatic rings. The molecule has 1 heterocycles. The molecule has 0 saturated heterocycles. The summed E-state index contributed by atoms with van der Waals surface area (Å²) in [6, 6.07) is 1.61. The van der Waals surface area contributed by atoms with E-state index in [1.165, 1.54) is 0 Å². The Morgan fingerprint density at radius 2 is 2.50 bits per heavy atom. The van der Waals surface area contributed by atoms with Crippen LogP contribution in [0.25, 0.3) is 0 Å². The van der Waals surface area contributed by atoms with E-state index in [2.05, 4.69) is 32.6 Å². The Morgan fingerprint density at radius 3 is 3.08 bits per heavy atom. The summed E-state index contributed by atoms with van der Waals surface area (Å²) in [5.74, 6) is 0.446. The van der Waals surface area contributed by atoms with Crippen LogP contribution in [0.2, 0.25) is 5.02 Å². The number of nitrogens with one attached hydrogen (secondary N) is 1. The lowest BCUT2D eigenvalue weighted by Crippen LogP contribution is -2.01. The smallest absolute Gasteiger partial charge is 0.155 e. The Balaban J connectivity index is 2.89. The topological polar surface area (TPSA) is 57.5 Å². The standard InChI is InChI=1S/C6H5ClIN3O/c7-4-1-6(10-3-11-12)9-2-5(4)8/h1-3,12H,(H,9,10,11). The molecule has 12 heavy (non-hydrogen) atoms. The van der Waals surface area contributed by atoms with E-state index in [1.54, 1.807) is 17.7 Å². The van der Waals surface area contributed by atoms with Gasteiger partial charge in [0.15, 0.2) is 5.82 Å². The lowest BCUT2D eigenvalue weighted by molar-refractivity contribution is 0.240. The molecule has 0 aromatic carbocycles. The summed E-state index contributed by atoms with van der Waals surface area (Å²) in [7, 11) is 0. The highest BCUT2D eigenvalue weighted by Crippen LogP contribution is 2.20. The summed E-state index contributed by atoms with van der Waals surface area (Å²) in [5.41, 5.74) is 1.77. The summed E-state index contributed by atoms with van der Waals surface area (Å²) >= 11 is 7.86. The first-order valence-electron chi connectivity index (χ1n) is 2.97. The predicted octanol–water partition coefficient (Wildman–Crippen LogP) is 1.98. The average Bonchev–Trinajstić information content (AvgIpc) is 2.07. The number of aliphatic imine (C=N–C) groups is 1. The Kier molecular flexibility index (Phi) is 3.70. The third-order valence-electron chi connectivity index (χ3n) is 1.05. The summed E-state index contributed by atoms with van der Waals surface area (Å²) in [6.45, 7) is 0. The van der Waals surface area contributed by atoms with Gasteiger partial charge in [0.2, 0.25) is 0 Å². The van der Waals surface area contributed by atoms with Crippen LogP contribution >= 0.6 is 34.2 Å². The molecule has 0 amide bonds. The quantitative estimate of drug-likeness (QED) is 0.380. The van der Waals surface area contributed by atoms with Crippen LogP contribution in [-0.4, -0.2) is 16.5 Å². The van der Waals surface area contributed by atoms with Crippen LogP contribution in [0.3, 0.4) is 0 Å². The highest BCUT2D eigenvalue weighted by Gasteiger charge is 1.97. The van der Waals surface area contributed by atoms with Crippen LogP contribution in [0.4, 0.5) is 5.82 Å². The molecule has 0 unspecified atom stereocenters. The number of halogens is 2. The Morgan fingerprint density at radius 1 is 1.75 bits per heavy atom. The first-order valence-corrected chi connectivity index (χ1v) is 4.43. The van der Waals surface area contributed by atoms with Gasteiger partial charge in [-0.25, -0.2) is 9.98 Å². The van der Waals surface area contributed by atoms with Gasteiger partial charge in [0, 0.05) is 12.3 Å². The van der Waals surface area contributed by atoms with Crippen LogP contribution in [-0.2, 0) is 0 Å². The molecule has 1 aromatic rings. The summed E-state index contributed by atoms with van der Waals surface area (Å²) in [4.78, 5) is 7.68. The van der Waals surface area contributed by atoms with Crippen LogP contribution < -0.4 is 5.48 Å². The second-order valence-electron chi connectivity index (χ2n) is 1.84. The van der Waals surface area contributed by atoms with Crippen LogP contribution in [0.15, 0.2) is 17.3 Å². The molecule has 0 fully saturated rings. The first kappa shape index (κ1) is 9.69.